The number of aryl methyl sites for hydroxylation is 1. The Morgan fingerprint density at radius 2 is 1.60 bits per heavy atom. The molecular weight excluding hydrogens is 661 g/mol. The number of amides is 3. The molecule has 3 aliphatic rings. The molecule has 3 aromatic rings. The van der Waals surface area contributed by atoms with Crippen molar-refractivity contribution in [1.29, 1.82) is 0 Å². The van der Waals surface area contributed by atoms with Crippen LogP contribution >= 0.6 is 23.2 Å². The number of urea groups is 1. The number of carbonyl (C=O) groups excluding carboxylic acids is 2. The molecule has 3 heterocycles. The number of carbonyl (C=O) groups is 2. The van der Waals surface area contributed by atoms with E-state index < -0.39 is 28.1 Å². The van der Waals surface area contributed by atoms with Gasteiger partial charge < -0.3 is 15.0 Å². The summed E-state index contributed by atoms with van der Waals surface area (Å²) in [5.74, 6) is 0.390. The van der Waals surface area contributed by atoms with Gasteiger partial charge in [-0.15, -0.1) is 0 Å². The first kappa shape index (κ1) is 33.3. The van der Waals surface area contributed by atoms with Crippen LogP contribution in [0.5, 0.6) is 5.75 Å². The highest BCUT2D eigenvalue weighted by Crippen LogP contribution is 2.46. The van der Waals surface area contributed by atoms with Gasteiger partial charge in [0, 0.05) is 36.2 Å². The molecule has 47 heavy (non-hydrogen) atoms. The summed E-state index contributed by atoms with van der Waals surface area (Å²) in [5.41, 5.74) is 2.47. The molecule has 0 spiro atoms. The summed E-state index contributed by atoms with van der Waals surface area (Å²) in [6.07, 6.45) is 2.58. The van der Waals surface area contributed by atoms with Gasteiger partial charge in [0.15, 0.2) is 0 Å². The molecule has 13 heteroatoms. The van der Waals surface area contributed by atoms with E-state index >= 15 is 0 Å². The molecule has 2 fully saturated rings. The van der Waals surface area contributed by atoms with Crippen LogP contribution < -0.4 is 10.1 Å². The van der Waals surface area contributed by atoms with Gasteiger partial charge in [-0.3, -0.25) is 14.7 Å². The van der Waals surface area contributed by atoms with Crippen LogP contribution in [-0.4, -0.2) is 79.6 Å². The van der Waals surface area contributed by atoms with Crippen molar-refractivity contribution in [3.05, 3.63) is 93.0 Å². The van der Waals surface area contributed by atoms with E-state index in [0.717, 1.165) is 30.4 Å². The fraction of sp³-hybridized carbons (Fsp3) is 0.382. The fourth-order valence-electron chi connectivity index (χ4n) is 6.44. The second-order valence-electron chi connectivity index (χ2n) is 11.9. The summed E-state index contributed by atoms with van der Waals surface area (Å²) >= 11 is 12.6. The first-order chi connectivity index (χ1) is 22.6. The third-order valence-corrected chi connectivity index (χ3v) is 11.3. The van der Waals surface area contributed by atoms with E-state index in [0.29, 0.717) is 59.7 Å². The average molecular weight is 699 g/mol. The molecule has 3 aliphatic heterocycles. The number of ether oxygens (including phenoxy) is 1. The number of halogens is 2. The Morgan fingerprint density at radius 1 is 0.957 bits per heavy atom. The van der Waals surface area contributed by atoms with Gasteiger partial charge in [0.05, 0.1) is 23.1 Å². The maximum atomic E-state index is 14.7. The zero-order valence-electron chi connectivity index (χ0n) is 26.3. The Labute approximate surface area is 285 Å². The van der Waals surface area contributed by atoms with Crippen molar-refractivity contribution in [1.82, 2.24) is 19.4 Å². The number of nitrogens with one attached hydrogen (secondary N) is 1. The van der Waals surface area contributed by atoms with Gasteiger partial charge in [-0.2, -0.15) is 4.31 Å². The summed E-state index contributed by atoms with van der Waals surface area (Å²) in [7, 11) is -3.86. The number of amidine groups is 1. The maximum absolute atomic E-state index is 14.7. The van der Waals surface area contributed by atoms with Crippen molar-refractivity contribution >= 4 is 51.0 Å². The largest absolute Gasteiger partial charge is 0.493 e. The van der Waals surface area contributed by atoms with Crippen molar-refractivity contribution in [3.8, 4) is 5.75 Å². The molecule has 0 bridgehead atoms. The van der Waals surface area contributed by atoms with E-state index in [9.17, 15) is 18.0 Å². The third kappa shape index (κ3) is 6.72. The minimum Gasteiger partial charge on any atom is -0.493 e. The van der Waals surface area contributed by atoms with Crippen LogP contribution in [0.1, 0.15) is 60.5 Å². The summed E-state index contributed by atoms with van der Waals surface area (Å²) in [5, 5.41) is 3.86. The molecule has 0 aliphatic carbocycles. The number of hydrogen-bond donors (Lipinski definition) is 1. The Balaban J connectivity index is 1.57. The number of benzene rings is 3. The molecule has 0 aromatic heterocycles. The van der Waals surface area contributed by atoms with Crippen LogP contribution in [0.25, 0.3) is 0 Å². The average Bonchev–Trinajstić information content (AvgIpc) is 3.46. The lowest BCUT2D eigenvalue weighted by molar-refractivity contribution is -0.123. The topological polar surface area (TPSA) is 112 Å². The van der Waals surface area contributed by atoms with Crippen molar-refractivity contribution in [2.24, 2.45) is 4.99 Å². The van der Waals surface area contributed by atoms with E-state index in [-0.39, 0.29) is 23.2 Å². The predicted octanol–water partition coefficient (Wildman–Crippen LogP) is 5.97. The molecular formula is C34H37Cl2N5O5S. The lowest BCUT2D eigenvalue weighted by Gasteiger charge is -2.36. The number of nitrogens with zero attached hydrogens (tertiary/aromatic N) is 4. The Hall–Kier alpha value is -3.64. The molecule has 1 N–H and O–H groups in total. The second kappa shape index (κ2) is 13.8. The monoisotopic (exact) mass is 697 g/mol. The van der Waals surface area contributed by atoms with Gasteiger partial charge in [0.1, 0.15) is 24.2 Å². The molecule has 2 saturated heterocycles. The van der Waals surface area contributed by atoms with Crippen LogP contribution in [0.15, 0.2) is 70.6 Å². The highest BCUT2D eigenvalue weighted by Gasteiger charge is 2.45. The predicted molar refractivity (Wildman–Crippen MR) is 182 cm³/mol. The van der Waals surface area contributed by atoms with E-state index in [1.54, 1.807) is 48.2 Å². The zero-order valence-corrected chi connectivity index (χ0v) is 28.6. The van der Waals surface area contributed by atoms with Gasteiger partial charge in [-0.1, -0.05) is 53.9 Å². The number of sulfonamides is 1. The van der Waals surface area contributed by atoms with Crippen molar-refractivity contribution in [2.75, 3.05) is 39.3 Å². The van der Waals surface area contributed by atoms with E-state index in [1.165, 1.54) is 9.21 Å². The Bertz CT molecular complexity index is 1790. The van der Waals surface area contributed by atoms with Gasteiger partial charge in [-0.25, -0.2) is 13.2 Å². The van der Waals surface area contributed by atoms with Gasteiger partial charge in [-0.05, 0) is 79.8 Å². The second-order valence-corrected chi connectivity index (χ2v) is 14.7. The fourth-order valence-corrected chi connectivity index (χ4v) is 8.44. The van der Waals surface area contributed by atoms with Crippen molar-refractivity contribution in [3.63, 3.8) is 0 Å². The minimum absolute atomic E-state index is 0.123. The molecule has 6 rings (SSSR count). The molecule has 3 aromatic carbocycles. The highest BCUT2D eigenvalue weighted by molar-refractivity contribution is 7.89. The molecule has 2 atom stereocenters. The van der Waals surface area contributed by atoms with E-state index in [2.05, 4.69) is 5.32 Å². The smallest absolute Gasteiger partial charge is 0.326 e. The van der Waals surface area contributed by atoms with Crippen LogP contribution in [0.4, 0.5) is 4.79 Å². The molecule has 0 saturated carbocycles. The lowest BCUT2D eigenvalue weighted by atomic mass is 9.93. The summed E-state index contributed by atoms with van der Waals surface area (Å²) in [6.45, 7) is 5.28. The van der Waals surface area contributed by atoms with Gasteiger partial charge in [0.2, 0.25) is 15.9 Å². The summed E-state index contributed by atoms with van der Waals surface area (Å²) < 4.78 is 35.8. The van der Waals surface area contributed by atoms with Gasteiger partial charge >= 0.3 is 6.03 Å². The standard InChI is InChI=1S/C34H37Cl2N5O5S/c1-3-46-28-19-22(2)29(47(44,45)40-16-5-4-6-17-40)20-27(28)33-38-31(23-7-11-25(35)12-8-23)32(24-9-13-26(36)14-10-24)41(33)34(43)39-18-15-37-30(42)21-39/h7-14,19-20,31-32H,3-6,15-18,21H2,1-2H3,(H,37,42)/t31-,32+/m0/s1. The third-order valence-electron chi connectivity index (χ3n) is 8.76. The van der Waals surface area contributed by atoms with Crippen LogP contribution in [0.3, 0.4) is 0 Å². The van der Waals surface area contributed by atoms with Crippen molar-refractivity contribution < 1.29 is 22.7 Å². The van der Waals surface area contributed by atoms with Crippen LogP contribution in [-0.2, 0) is 14.8 Å². The Morgan fingerprint density at radius 3 is 2.21 bits per heavy atom. The molecule has 248 valence electrons. The minimum atomic E-state index is -3.86. The number of aliphatic imine (C=N–C) groups is 1. The quantitative estimate of drug-likeness (QED) is 0.327. The number of hydrogen-bond acceptors (Lipinski definition) is 6. The molecule has 10 nitrogen and oxygen atoms in total. The van der Waals surface area contributed by atoms with E-state index in [1.807, 2.05) is 31.2 Å². The molecule has 0 unspecified atom stereocenters. The first-order valence-electron chi connectivity index (χ1n) is 15.8. The Kier molecular flexibility index (Phi) is 9.80. The first-order valence-corrected chi connectivity index (χ1v) is 18.0. The lowest BCUT2D eigenvalue weighted by Crippen LogP contribution is -2.55. The SMILES string of the molecule is CCOc1cc(C)c(S(=O)(=O)N2CCCCC2)cc1C1=N[C@@H](c2ccc(Cl)cc2)[C@@H](c2ccc(Cl)cc2)N1C(=O)N1CCNC(=O)C1. The van der Waals surface area contributed by atoms with E-state index in [4.69, 9.17) is 32.9 Å². The summed E-state index contributed by atoms with van der Waals surface area (Å²) in [6, 6.07) is 16.1. The molecule has 0 radical (unpaired) electrons. The normalized spacial score (nSPS) is 20.6. The maximum Gasteiger partial charge on any atom is 0.326 e. The van der Waals surface area contributed by atoms with Crippen LogP contribution in [0.2, 0.25) is 10.0 Å². The van der Waals surface area contributed by atoms with Crippen LogP contribution in [0, 0.1) is 6.92 Å². The zero-order chi connectivity index (χ0) is 33.3. The van der Waals surface area contributed by atoms with Crippen molar-refractivity contribution in [2.45, 2.75) is 50.1 Å². The number of piperidine rings is 1. The summed E-state index contributed by atoms with van der Waals surface area (Å²) in [4.78, 5) is 35.5. The molecule has 3 amide bonds. The number of rotatable bonds is 7. The number of piperazine rings is 1. The van der Waals surface area contributed by atoms with Gasteiger partial charge in [0.25, 0.3) is 0 Å². The highest BCUT2D eigenvalue weighted by atomic mass is 35.5.